The smallest absolute Gasteiger partial charge is 0.306 e. The fraction of sp³-hybridized carbons (Fsp3) is 0.944. The summed E-state index contributed by atoms with van der Waals surface area (Å²) in [6.45, 7) is 6.65. The topological polar surface area (TPSA) is 78.9 Å². The van der Waals surface area contributed by atoms with Gasteiger partial charge in [-0.3, -0.25) is 14.4 Å². The highest BCUT2D eigenvalue weighted by Crippen LogP contribution is 2.17. The van der Waals surface area contributed by atoms with Gasteiger partial charge >= 0.3 is 17.9 Å². The van der Waals surface area contributed by atoms with E-state index in [0.717, 1.165) is 57.8 Å². The molecule has 0 saturated carbocycles. The van der Waals surface area contributed by atoms with E-state index in [1.807, 2.05) is 0 Å². The third-order valence-corrected chi connectivity index (χ3v) is 12.4. The molecule has 1 atom stereocenters. The van der Waals surface area contributed by atoms with Crippen LogP contribution in [0, 0.1) is 0 Å². The molecule has 6 heteroatoms. The van der Waals surface area contributed by atoms with E-state index in [1.165, 1.54) is 212 Å². The summed E-state index contributed by atoms with van der Waals surface area (Å²) in [7, 11) is 0. The van der Waals surface area contributed by atoms with Gasteiger partial charge in [0.1, 0.15) is 13.2 Å². The summed E-state index contributed by atoms with van der Waals surface area (Å²) in [5.41, 5.74) is 0. The summed E-state index contributed by atoms with van der Waals surface area (Å²) < 4.78 is 16.8. The molecule has 0 aliphatic rings. The number of esters is 3. The number of hydrogen-bond donors (Lipinski definition) is 0. The first kappa shape index (κ1) is 58.4. The SMILES string of the molecule is CCCCCCCCCCCCCCCCCCCCCCCCCC(=O)OCC(COC(=O)CCCCCCCCCCC)OC(=O)CCCCCCCCCCCC. The number of unbranched alkanes of at least 4 members (excludes halogenated alkanes) is 39. The standard InChI is InChI=1S/C54H104O6/c1-4-7-10-13-16-19-21-22-23-24-25-26-27-28-29-30-31-32-33-36-38-41-44-47-53(56)59-50-51(49-58-52(55)46-43-40-37-34-18-15-12-9-6-3)60-54(57)48-45-42-39-35-20-17-14-11-8-5-2/h51H,4-50H2,1-3H3. The normalized spacial score (nSPS) is 11.8. The lowest BCUT2D eigenvalue weighted by atomic mass is 10.0. The maximum absolute atomic E-state index is 12.7. The van der Waals surface area contributed by atoms with Gasteiger partial charge in [-0.15, -0.1) is 0 Å². The largest absolute Gasteiger partial charge is 0.462 e. The maximum atomic E-state index is 12.7. The molecule has 60 heavy (non-hydrogen) atoms. The highest BCUT2D eigenvalue weighted by atomic mass is 16.6. The molecule has 0 rings (SSSR count). The van der Waals surface area contributed by atoms with Crippen molar-refractivity contribution in [1.29, 1.82) is 0 Å². The van der Waals surface area contributed by atoms with Gasteiger partial charge in [-0.25, -0.2) is 0 Å². The van der Waals surface area contributed by atoms with E-state index >= 15 is 0 Å². The Morgan fingerprint density at radius 2 is 0.450 bits per heavy atom. The van der Waals surface area contributed by atoms with Gasteiger partial charge in [0.15, 0.2) is 6.10 Å². The second-order valence-corrected chi connectivity index (χ2v) is 18.5. The van der Waals surface area contributed by atoms with Gasteiger partial charge in [0, 0.05) is 19.3 Å². The predicted octanol–water partition coefficient (Wildman–Crippen LogP) is 17.6. The zero-order chi connectivity index (χ0) is 43.7. The predicted molar refractivity (Wildman–Crippen MR) is 257 cm³/mol. The van der Waals surface area contributed by atoms with Crippen molar-refractivity contribution in [3.8, 4) is 0 Å². The van der Waals surface area contributed by atoms with Crippen LogP contribution in [0.25, 0.3) is 0 Å². The monoisotopic (exact) mass is 849 g/mol. The molecule has 1 unspecified atom stereocenters. The second kappa shape index (κ2) is 50.1. The first-order chi connectivity index (χ1) is 29.5. The van der Waals surface area contributed by atoms with Crippen LogP contribution in [0.5, 0.6) is 0 Å². The summed E-state index contributed by atoms with van der Waals surface area (Å²) in [5.74, 6) is -0.847. The number of rotatable bonds is 50. The van der Waals surface area contributed by atoms with E-state index in [2.05, 4.69) is 20.8 Å². The summed E-state index contributed by atoms with van der Waals surface area (Å²) in [6.07, 6.45) is 54.0. The molecule has 0 bridgehead atoms. The van der Waals surface area contributed by atoms with Crippen LogP contribution in [-0.4, -0.2) is 37.2 Å². The quantitative estimate of drug-likeness (QED) is 0.0345. The Labute approximate surface area is 374 Å². The maximum Gasteiger partial charge on any atom is 0.306 e. The van der Waals surface area contributed by atoms with Gasteiger partial charge in [-0.1, -0.05) is 271 Å². The number of ether oxygens (including phenoxy) is 3. The van der Waals surface area contributed by atoms with Crippen LogP contribution < -0.4 is 0 Å². The lowest BCUT2D eigenvalue weighted by Crippen LogP contribution is -2.30. The molecule has 0 saturated heterocycles. The van der Waals surface area contributed by atoms with Crippen LogP contribution in [0.1, 0.15) is 310 Å². The molecular formula is C54H104O6. The van der Waals surface area contributed by atoms with Crippen molar-refractivity contribution in [1.82, 2.24) is 0 Å². The van der Waals surface area contributed by atoms with Gasteiger partial charge in [0.25, 0.3) is 0 Å². The van der Waals surface area contributed by atoms with Crippen LogP contribution in [0.15, 0.2) is 0 Å². The molecule has 0 heterocycles. The minimum absolute atomic E-state index is 0.0622. The summed E-state index contributed by atoms with van der Waals surface area (Å²) in [5, 5.41) is 0. The van der Waals surface area contributed by atoms with Crippen LogP contribution >= 0.6 is 0 Å². The third-order valence-electron chi connectivity index (χ3n) is 12.4. The molecule has 0 N–H and O–H groups in total. The summed E-state index contributed by atoms with van der Waals surface area (Å²) >= 11 is 0. The van der Waals surface area contributed by atoms with E-state index in [9.17, 15) is 14.4 Å². The minimum Gasteiger partial charge on any atom is -0.462 e. The lowest BCUT2D eigenvalue weighted by molar-refractivity contribution is -0.167. The Bertz CT molecular complexity index is 889. The molecular weight excluding hydrogens is 745 g/mol. The molecule has 0 aromatic heterocycles. The fourth-order valence-corrected chi connectivity index (χ4v) is 8.27. The number of carbonyl (C=O) groups is 3. The highest BCUT2D eigenvalue weighted by Gasteiger charge is 2.19. The van der Waals surface area contributed by atoms with Crippen LogP contribution in [0.3, 0.4) is 0 Å². The van der Waals surface area contributed by atoms with Crippen LogP contribution in [0.2, 0.25) is 0 Å². The molecule has 0 radical (unpaired) electrons. The van der Waals surface area contributed by atoms with Crippen molar-refractivity contribution in [2.45, 2.75) is 316 Å². The van der Waals surface area contributed by atoms with Crippen molar-refractivity contribution < 1.29 is 28.6 Å². The molecule has 0 aromatic rings. The average molecular weight is 849 g/mol. The fourth-order valence-electron chi connectivity index (χ4n) is 8.27. The Balaban J connectivity index is 4.08. The number of carbonyl (C=O) groups excluding carboxylic acids is 3. The highest BCUT2D eigenvalue weighted by molar-refractivity contribution is 5.71. The minimum atomic E-state index is -0.758. The molecule has 0 fully saturated rings. The van der Waals surface area contributed by atoms with Crippen molar-refractivity contribution in [2.75, 3.05) is 13.2 Å². The van der Waals surface area contributed by atoms with Gasteiger partial charge in [-0.05, 0) is 19.3 Å². The van der Waals surface area contributed by atoms with Gasteiger partial charge < -0.3 is 14.2 Å². The van der Waals surface area contributed by atoms with Crippen molar-refractivity contribution in [3.05, 3.63) is 0 Å². The second-order valence-electron chi connectivity index (χ2n) is 18.5. The molecule has 0 aromatic carbocycles. The van der Waals surface area contributed by atoms with E-state index in [1.54, 1.807) is 0 Å². The molecule has 356 valence electrons. The van der Waals surface area contributed by atoms with E-state index in [-0.39, 0.29) is 31.1 Å². The van der Waals surface area contributed by atoms with Crippen LogP contribution in [-0.2, 0) is 28.6 Å². The summed E-state index contributed by atoms with van der Waals surface area (Å²) in [6, 6.07) is 0. The Morgan fingerprint density at radius 3 is 0.667 bits per heavy atom. The molecule has 0 spiro atoms. The molecule has 0 aliphatic heterocycles. The van der Waals surface area contributed by atoms with Gasteiger partial charge in [0.2, 0.25) is 0 Å². The van der Waals surface area contributed by atoms with E-state index in [4.69, 9.17) is 14.2 Å². The zero-order valence-corrected chi connectivity index (χ0v) is 40.8. The molecule has 6 nitrogen and oxygen atoms in total. The van der Waals surface area contributed by atoms with Gasteiger partial charge in [0.05, 0.1) is 0 Å². The Morgan fingerprint density at radius 1 is 0.267 bits per heavy atom. The zero-order valence-electron chi connectivity index (χ0n) is 40.8. The van der Waals surface area contributed by atoms with E-state index in [0.29, 0.717) is 19.3 Å². The first-order valence-electron chi connectivity index (χ1n) is 27.0. The number of hydrogen-bond acceptors (Lipinski definition) is 6. The summed E-state index contributed by atoms with van der Waals surface area (Å²) in [4.78, 5) is 37.8. The van der Waals surface area contributed by atoms with Crippen molar-refractivity contribution >= 4 is 17.9 Å². The van der Waals surface area contributed by atoms with Crippen molar-refractivity contribution in [3.63, 3.8) is 0 Å². The first-order valence-corrected chi connectivity index (χ1v) is 27.0. The van der Waals surface area contributed by atoms with Gasteiger partial charge in [-0.2, -0.15) is 0 Å². The molecule has 0 aliphatic carbocycles. The van der Waals surface area contributed by atoms with Crippen LogP contribution in [0.4, 0.5) is 0 Å². The Kier molecular flexibility index (Phi) is 48.7. The average Bonchev–Trinajstić information content (AvgIpc) is 3.24. The third kappa shape index (κ3) is 47.5. The Hall–Kier alpha value is -1.59. The molecule has 0 amide bonds. The van der Waals surface area contributed by atoms with E-state index < -0.39 is 6.10 Å². The lowest BCUT2D eigenvalue weighted by Gasteiger charge is -2.18. The van der Waals surface area contributed by atoms with Crippen molar-refractivity contribution in [2.24, 2.45) is 0 Å².